The number of hydrogen-bond acceptors (Lipinski definition) is 6. The van der Waals surface area contributed by atoms with Crippen LogP contribution in [0.15, 0.2) is 4.52 Å². The normalized spacial score (nSPS) is 29.5. The molecule has 3 unspecified atom stereocenters. The Kier molecular flexibility index (Phi) is 4.52. The summed E-state index contributed by atoms with van der Waals surface area (Å²) in [5.41, 5.74) is -0.0321. The largest absolute Gasteiger partial charge is 0.392 e. The van der Waals surface area contributed by atoms with Crippen molar-refractivity contribution in [2.75, 3.05) is 19.7 Å². The smallest absolute Gasteiger partial charge is 0.243 e. The van der Waals surface area contributed by atoms with Crippen LogP contribution in [-0.2, 0) is 11.2 Å². The molecule has 2 heterocycles. The van der Waals surface area contributed by atoms with E-state index in [1.165, 1.54) is 0 Å². The van der Waals surface area contributed by atoms with Gasteiger partial charge >= 0.3 is 0 Å². The van der Waals surface area contributed by atoms with Gasteiger partial charge in [0.15, 0.2) is 5.82 Å². The number of aromatic nitrogens is 2. The molecule has 1 spiro atoms. The van der Waals surface area contributed by atoms with Gasteiger partial charge in [-0.05, 0) is 39.8 Å². The van der Waals surface area contributed by atoms with Crippen LogP contribution in [0.5, 0.6) is 0 Å². The maximum Gasteiger partial charge on any atom is 0.243 e. The monoisotopic (exact) mass is 309 g/mol. The van der Waals surface area contributed by atoms with Crippen molar-refractivity contribution >= 4 is 0 Å². The third kappa shape index (κ3) is 2.57. The van der Waals surface area contributed by atoms with Crippen LogP contribution < -0.4 is 0 Å². The molecule has 1 saturated heterocycles. The summed E-state index contributed by atoms with van der Waals surface area (Å²) in [5.74, 6) is 1.46. The molecule has 0 radical (unpaired) electrons. The van der Waals surface area contributed by atoms with E-state index in [-0.39, 0.29) is 23.7 Å². The summed E-state index contributed by atoms with van der Waals surface area (Å²) in [5, 5.41) is 14.2. The summed E-state index contributed by atoms with van der Waals surface area (Å²) < 4.78 is 11.2. The van der Waals surface area contributed by atoms with Crippen molar-refractivity contribution in [1.29, 1.82) is 0 Å². The zero-order valence-corrected chi connectivity index (χ0v) is 13.8. The Labute approximate surface area is 131 Å². The Morgan fingerprint density at radius 3 is 2.68 bits per heavy atom. The number of ether oxygens (including phenoxy) is 1. The molecule has 1 aromatic rings. The van der Waals surface area contributed by atoms with Gasteiger partial charge in [-0.3, -0.25) is 4.90 Å². The second kappa shape index (κ2) is 6.26. The summed E-state index contributed by atoms with van der Waals surface area (Å²) in [6.45, 7) is 8.76. The third-order valence-corrected chi connectivity index (χ3v) is 5.54. The average Bonchev–Trinajstić information content (AvgIpc) is 3.03. The van der Waals surface area contributed by atoms with E-state index < -0.39 is 0 Å². The summed E-state index contributed by atoms with van der Waals surface area (Å²) >= 11 is 0. The van der Waals surface area contributed by atoms with Crippen LogP contribution in [0.25, 0.3) is 0 Å². The number of piperidine rings is 1. The molecule has 3 rings (SSSR count). The number of rotatable bonds is 5. The molecular weight excluding hydrogens is 282 g/mol. The number of hydrogen-bond donors (Lipinski definition) is 1. The molecule has 6 heteroatoms. The molecule has 1 aliphatic heterocycles. The lowest BCUT2D eigenvalue weighted by Gasteiger charge is -2.57. The Bertz CT molecular complexity index is 495. The van der Waals surface area contributed by atoms with E-state index in [0.717, 1.165) is 51.2 Å². The number of likely N-dealkylation sites (tertiary alicyclic amines) is 1. The maximum atomic E-state index is 10.3. The van der Waals surface area contributed by atoms with Crippen molar-refractivity contribution in [3.8, 4) is 0 Å². The number of nitrogens with zero attached hydrogens (tertiary/aromatic N) is 3. The highest BCUT2D eigenvalue weighted by Crippen LogP contribution is 2.51. The molecule has 0 amide bonds. The molecule has 22 heavy (non-hydrogen) atoms. The molecule has 2 fully saturated rings. The van der Waals surface area contributed by atoms with Crippen LogP contribution in [0.1, 0.15) is 57.8 Å². The molecule has 1 saturated carbocycles. The predicted molar refractivity (Wildman–Crippen MR) is 81.4 cm³/mol. The molecular formula is C16H27N3O3. The fourth-order valence-electron chi connectivity index (χ4n) is 3.88. The second-order valence-electron chi connectivity index (χ2n) is 6.54. The molecule has 1 aromatic heterocycles. The Morgan fingerprint density at radius 2 is 2.14 bits per heavy atom. The van der Waals surface area contributed by atoms with E-state index in [1.54, 1.807) is 0 Å². The number of aliphatic hydroxyl groups excluding tert-OH is 1. The van der Waals surface area contributed by atoms with Crippen LogP contribution in [-0.4, -0.2) is 52.1 Å². The van der Waals surface area contributed by atoms with Crippen molar-refractivity contribution in [2.24, 2.45) is 5.41 Å². The van der Waals surface area contributed by atoms with Crippen LogP contribution >= 0.6 is 0 Å². The quantitative estimate of drug-likeness (QED) is 0.896. The van der Waals surface area contributed by atoms with Crippen molar-refractivity contribution < 1.29 is 14.4 Å². The third-order valence-electron chi connectivity index (χ3n) is 5.54. The highest BCUT2D eigenvalue weighted by molar-refractivity contribution is 5.07. The molecule has 2 aliphatic rings. The lowest BCUT2D eigenvalue weighted by Crippen LogP contribution is -2.62. The first kappa shape index (κ1) is 15.9. The minimum absolute atomic E-state index is 0.0321. The van der Waals surface area contributed by atoms with Crippen LogP contribution in [0, 0.1) is 5.41 Å². The van der Waals surface area contributed by atoms with E-state index in [4.69, 9.17) is 9.26 Å². The Hall–Kier alpha value is -0.980. The van der Waals surface area contributed by atoms with Gasteiger partial charge in [-0.15, -0.1) is 0 Å². The van der Waals surface area contributed by atoms with E-state index >= 15 is 0 Å². The van der Waals surface area contributed by atoms with Crippen LogP contribution in [0.2, 0.25) is 0 Å². The molecule has 1 N–H and O–H groups in total. The Balaban J connectivity index is 1.61. The minimum Gasteiger partial charge on any atom is -0.392 e. The molecule has 1 aliphatic carbocycles. The van der Waals surface area contributed by atoms with E-state index in [1.807, 2.05) is 13.8 Å². The van der Waals surface area contributed by atoms with Crippen LogP contribution in [0.3, 0.4) is 0 Å². The zero-order chi connectivity index (χ0) is 15.7. The first-order chi connectivity index (χ1) is 10.6. The van der Waals surface area contributed by atoms with E-state index in [9.17, 15) is 5.11 Å². The van der Waals surface area contributed by atoms with E-state index in [2.05, 4.69) is 22.0 Å². The molecule has 124 valence electrons. The maximum absolute atomic E-state index is 10.3. The van der Waals surface area contributed by atoms with E-state index in [0.29, 0.717) is 5.89 Å². The minimum atomic E-state index is -0.211. The van der Waals surface area contributed by atoms with Gasteiger partial charge < -0.3 is 14.4 Å². The highest BCUT2D eigenvalue weighted by Gasteiger charge is 2.56. The summed E-state index contributed by atoms with van der Waals surface area (Å²) in [7, 11) is 0. The predicted octanol–water partition coefficient (Wildman–Crippen LogP) is 1.94. The summed E-state index contributed by atoms with van der Waals surface area (Å²) in [6, 6.07) is 0.132. The first-order valence-electron chi connectivity index (χ1n) is 8.47. The second-order valence-corrected chi connectivity index (χ2v) is 6.54. The van der Waals surface area contributed by atoms with Crippen molar-refractivity contribution in [3.05, 3.63) is 11.7 Å². The molecule has 6 nitrogen and oxygen atoms in total. The fraction of sp³-hybridized carbons (Fsp3) is 0.875. The van der Waals surface area contributed by atoms with Gasteiger partial charge in [-0.25, -0.2) is 0 Å². The molecule has 0 aromatic carbocycles. The zero-order valence-electron chi connectivity index (χ0n) is 13.8. The van der Waals surface area contributed by atoms with Gasteiger partial charge in [-0.1, -0.05) is 12.1 Å². The van der Waals surface area contributed by atoms with Crippen molar-refractivity contribution in [2.45, 2.75) is 64.7 Å². The van der Waals surface area contributed by atoms with Gasteiger partial charge in [0.1, 0.15) is 0 Å². The average molecular weight is 309 g/mol. The van der Waals surface area contributed by atoms with Gasteiger partial charge in [0.2, 0.25) is 5.89 Å². The van der Waals surface area contributed by atoms with Crippen molar-refractivity contribution in [1.82, 2.24) is 15.0 Å². The topological polar surface area (TPSA) is 71.6 Å². The lowest BCUT2D eigenvalue weighted by atomic mass is 9.58. The van der Waals surface area contributed by atoms with Gasteiger partial charge in [0.05, 0.1) is 18.2 Å². The Morgan fingerprint density at radius 1 is 1.41 bits per heavy atom. The summed E-state index contributed by atoms with van der Waals surface area (Å²) in [6.07, 6.45) is 3.53. The van der Waals surface area contributed by atoms with Gasteiger partial charge in [0.25, 0.3) is 0 Å². The highest BCUT2D eigenvalue weighted by atomic mass is 16.5. The van der Waals surface area contributed by atoms with Gasteiger partial charge in [-0.2, -0.15) is 4.98 Å². The molecule has 0 bridgehead atoms. The SMILES string of the molecule is CCOC1CC(O)C12CCN(C(C)c1nc(CC)no1)CC2. The standard InChI is InChI=1S/C16H27N3O3/c1-4-14-17-15(22-18-14)11(3)19-8-6-16(7-9-19)12(20)10-13(16)21-5-2/h11-13,20H,4-10H2,1-3H3. The first-order valence-corrected chi connectivity index (χ1v) is 8.47. The van der Waals surface area contributed by atoms with Crippen molar-refractivity contribution in [3.63, 3.8) is 0 Å². The lowest BCUT2D eigenvalue weighted by molar-refractivity contribution is -0.211. The number of aryl methyl sites for hydroxylation is 1. The van der Waals surface area contributed by atoms with Gasteiger partial charge in [0, 0.05) is 24.9 Å². The fourth-order valence-corrected chi connectivity index (χ4v) is 3.88. The number of aliphatic hydroxyl groups is 1. The van der Waals surface area contributed by atoms with Crippen LogP contribution in [0.4, 0.5) is 0 Å². The summed E-state index contributed by atoms with van der Waals surface area (Å²) in [4.78, 5) is 6.81. The molecule has 3 atom stereocenters.